The monoisotopic (exact) mass is 346 g/mol. The summed E-state index contributed by atoms with van der Waals surface area (Å²) in [5.74, 6) is 1.46. The molecule has 2 aromatic heterocycles. The molecule has 1 atom stereocenters. The van der Waals surface area contributed by atoms with Crippen LogP contribution in [0.1, 0.15) is 64.3 Å². The molecule has 1 aliphatic carbocycles. The van der Waals surface area contributed by atoms with E-state index < -0.39 is 0 Å². The zero-order valence-corrected chi connectivity index (χ0v) is 16.0. The summed E-state index contributed by atoms with van der Waals surface area (Å²) < 4.78 is 5.14. The summed E-state index contributed by atoms with van der Waals surface area (Å²) >= 11 is 1.65. The highest BCUT2D eigenvalue weighted by molar-refractivity contribution is 7.14. The number of thiophene rings is 1. The number of hydrogen-bond acceptors (Lipinski definition) is 4. The van der Waals surface area contributed by atoms with Gasteiger partial charge in [-0.25, -0.2) is 0 Å². The molecule has 24 heavy (non-hydrogen) atoms. The number of carbonyl (C=O) groups excluding carboxylic acids is 1. The molecular formula is C19H26N2O2S. The molecule has 1 amide bonds. The van der Waals surface area contributed by atoms with E-state index in [0.29, 0.717) is 17.9 Å². The van der Waals surface area contributed by atoms with Gasteiger partial charge in [0.05, 0.1) is 10.6 Å². The van der Waals surface area contributed by atoms with Crippen LogP contribution in [0.3, 0.4) is 0 Å². The lowest BCUT2D eigenvalue weighted by molar-refractivity contribution is 0.0955. The second-order valence-corrected chi connectivity index (χ2v) is 8.99. The van der Waals surface area contributed by atoms with E-state index >= 15 is 0 Å². The molecule has 0 spiro atoms. The van der Waals surface area contributed by atoms with Crippen LogP contribution in [-0.4, -0.2) is 11.1 Å². The first kappa shape index (κ1) is 17.2. The Labute approximate surface area is 147 Å². The SMILES string of the molecule is Cc1noc(C)c1CNC(=O)c1cc2c(s1)CCC(C(C)(C)C)C2. The van der Waals surface area contributed by atoms with Crippen molar-refractivity contribution in [3.8, 4) is 0 Å². The number of carbonyl (C=O) groups is 1. The van der Waals surface area contributed by atoms with Gasteiger partial charge in [0.15, 0.2) is 0 Å². The fraction of sp³-hybridized carbons (Fsp3) is 0.579. The number of fused-ring (bicyclic) bond motifs is 1. The maximum atomic E-state index is 12.5. The summed E-state index contributed by atoms with van der Waals surface area (Å²) in [7, 11) is 0. The van der Waals surface area contributed by atoms with E-state index in [-0.39, 0.29) is 5.91 Å². The lowest BCUT2D eigenvalue weighted by atomic mass is 9.72. The second kappa shape index (κ2) is 6.36. The summed E-state index contributed by atoms with van der Waals surface area (Å²) in [5.41, 5.74) is 3.50. The maximum absolute atomic E-state index is 12.5. The van der Waals surface area contributed by atoms with Gasteiger partial charge in [0.2, 0.25) is 0 Å². The minimum atomic E-state index is 0.00158. The van der Waals surface area contributed by atoms with Crippen molar-refractivity contribution in [3.63, 3.8) is 0 Å². The van der Waals surface area contributed by atoms with Crippen LogP contribution in [0.5, 0.6) is 0 Å². The predicted octanol–water partition coefficient (Wildman–Crippen LogP) is 4.43. The topological polar surface area (TPSA) is 55.1 Å². The maximum Gasteiger partial charge on any atom is 0.261 e. The number of aryl methyl sites for hydroxylation is 3. The quantitative estimate of drug-likeness (QED) is 0.894. The van der Waals surface area contributed by atoms with Crippen LogP contribution in [0.2, 0.25) is 0 Å². The van der Waals surface area contributed by atoms with E-state index in [0.717, 1.165) is 34.7 Å². The van der Waals surface area contributed by atoms with Crippen LogP contribution in [-0.2, 0) is 19.4 Å². The molecule has 0 fully saturated rings. The molecular weight excluding hydrogens is 320 g/mol. The zero-order chi connectivity index (χ0) is 17.5. The standard InChI is InChI=1S/C19H26N2O2S/c1-11-15(12(2)23-21-11)10-20-18(22)17-9-13-8-14(19(3,4)5)6-7-16(13)24-17/h9,14H,6-8,10H2,1-5H3,(H,20,22). The van der Waals surface area contributed by atoms with E-state index in [9.17, 15) is 4.79 Å². The van der Waals surface area contributed by atoms with Crippen molar-refractivity contribution in [2.24, 2.45) is 11.3 Å². The summed E-state index contributed by atoms with van der Waals surface area (Å²) in [6, 6.07) is 2.10. The lowest BCUT2D eigenvalue weighted by Crippen LogP contribution is -2.26. The summed E-state index contributed by atoms with van der Waals surface area (Å²) in [4.78, 5) is 14.7. The number of amides is 1. The Morgan fingerprint density at radius 3 is 2.79 bits per heavy atom. The molecule has 5 heteroatoms. The minimum Gasteiger partial charge on any atom is -0.361 e. The van der Waals surface area contributed by atoms with Crippen LogP contribution in [0.4, 0.5) is 0 Å². The molecule has 0 saturated carbocycles. The fourth-order valence-electron chi connectivity index (χ4n) is 3.38. The van der Waals surface area contributed by atoms with E-state index in [1.54, 1.807) is 11.3 Å². The molecule has 0 radical (unpaired) electrons. The van der Waals surface area contributed by atoms with Crippen molar-refractivity contribution < 1.29 is 9.32 Å². The number of hydrogen-bond donors (Lipinski definition) is 1. The van der Waals surface area contributed by atoms with Crippen molar-refractivity contribution in [1.29, 1.82) is 0 Å². The Hall–Kier alpha value is -1.62. The fourth-order valence-corrected chi connectivity index (χ4v) is 4.51. The van der Waals surface area contributed by atoms with Gasteiger partial charge in [-0.15, -0.1) is 11.3 Å². The van der Waals surface area contributed by atoms with Crippen LogP contribution >= 0.6 is 11.3 Å². The molecule has 1 aliphatic rings. The minimum absolute atomic E-state index is 0.00158. The van der Waals surface area contributed by atoms with Gasteiger partial charge in [0.1, 0.15) is 5.76 Å². The molecule has 2 heterocycles. The van der Waals surface area contributed by atoms with Gasteiger partial charge in [-0.1, -0.05) is 25.9 Å². The number of rotatable bonds is 3. The Morgan fingerprint density at radius 2 is 2.17 bits per heavy atom. The number of nitrogens with one attached hydrogen (secondary N) is 1. The van der Waals surface area contributed by atoms with Crippen LogP contribution in [0, 0.1) is 25.2 Å². The molecule has 130 valence electrons. The van der Waals surface area contributed by atoms with Crippen molar-refractivity contribution in [2.75, 3.05) is 0 Å². The molecule has 0 saturated heterocycles. The van der Waals surface area contributed by atoms with Crippen LogP contribution in [0.15, 0.2) is 10.6 Å². The Kier molecular flexibility index (Phi) is 4.56. The lowest BCUT2D eigenvalue weighted by Gasteiger charge is -2.33. The molecule has 0 bridgehead atoms. The van der Waals surface area contributed by atoms with E-state index in [2.05, 4.69) is 37.3 Å². The first-order chi connectivity index (χ1) is 11.3. The van der Waals surface area contributed by atoms with Gasteiger partial charge in [0, 0.05) is 17.0 Å². The Balaban J connectivity index is 1.68. The van der Waals surface area contributed by atoms with Gasteiger partial charge >= 0.3 is 0 Å². The Bertz CT molecular complexity index is 732. The average molecular weight is 346 g/mol. The first-order valence-electron chi connectivity index (χ1n) is 8.57. The predicted molar refractivity (Wildman–Crippen MR) is 96.4 cm³/mol. The molecule has 2 aromatic rings. The highest BCUT2D eigenvalue weighted by Gasteiger charge is 2.30. The van der Waals surface area contributed by atoms with Gasteiger partial charge in [0.25, 0.3) is 5.91 Å². The molecule has 4 nitrogen and oxygen atoms in total. The molecule has 1 N–H and O–H groups in total. The van der Waals surface area contributed by atoms with Gasteiger partial charge < -0.3 is 9.84 Å². The molecule has 3 rings (SSSR count). The second-order valence-electron chi connectivity index (χ2n) is 7.85. The van der Waals surface area contributed by atoms with E-state index in [1.165, 1.54) is 16.9 Å². The molecule has 0 aromatic carbocycles. The third-order valence-corrected chi connectivity index (χ3v) is 6.37. The van der Waals surface area contributed by atoms with Crippen molar-refractivity contribution in [1.82, 2.24) is 10.5 Å². The van der Waals surface area contributed by atoms with Gasteiger partial charge in [-0.2, -0.15) is 0 Å². The van der Waals surface area contributed by atoms with Crippen LogP contribution in [0.25, 0.3) is 0 Å². The van der Waals surface area contributed by atoms with Crippen molar-refractivity contribution >= 4 is 17.2 Å². The first-order valence-corrected chi connectivity index (χ1v) is 9.39. The third-order valence-electron chi connectivity index (χ3n) is 5.14. The smallest absolute Gasteiger partial charge is 0.261 e. The average Bonchev–Trinajstić information content (AvgIpc) is 3.07. The van der Waals surface area contributed by atoms with Crippen molar-refractivity contribution in [3.05, 3.63) is 38.4 Å². The van der Waals surface area contributed by atoms with Gasteiger partial charge in [-0.05, 0) is 56.1 Å². The molecule has 0 aliphatic heterocycles. The Morgan fingerprint density at radius 1 is 1.42 bits per heavy atom. The number of aromatic nitrogens is 1. The summed E-state index contributed by atoms with van der Waals surface area (Å²) in [6.45, 7) is 11.2. The third kappa shape index (κ3) is 3.41. The van der Waals surface area contributed by atoms with Crippen LogP contribution < -0.4 is 5.32 Å². The number of nitrogens with zero attached hydrogens (tertiary/aromatic N) is 1. The molecule has 1 unspecified atom stereocenters. The van der Waals surface area contributed by atoms with E-state index in [4.69, 9.17) is 4.52 Å². The normalized spacial score (nSPS) is 17.6. The summed E-state index contributed by atoms with van der Waals surface area (Å²) in [6.07, 6.45) is 3.41. The van der Waals surface area contributed by atoms with Gasteiger partial charge in [-0.3, -0.25) is 4.79 Å². The van der Waals surface area contributed by atoms with E-state index in [1.807, 2.05) is 13.8 Å². The zero-order valence-electron chi connectivity index (χ0n) is 15.2. The summed E-state index contributed by atoms with van der Waals surface area (Å²) in [5, 5.41) is 6.93. The van der Waals surface area contributed by atoms with Crippen molar-refractivity contribution in [2.45, 2.75) is 60.4 Å². The highest BCUT2D eigenvalue weighted by atomic mass is 32.1. The highest BCUT2D eigenvalue weighted by Crippen LogP contribution is 2.40. The largest absolute Gasteiger partial charge is 0.361 e.